The summed E-state index contributed by atoms with van der Waals surface area (Å²) in [5, 5.41) is 4.21. The van der Waals surface area contributed by atoms with Gasteiger partial charge in [-0.1, -0.05) is 6.92 Å². The highest BCUT2D eigenvalue weighted by Crippen LogP contribution is 2.31. The highest BCUT2D eigenvalue weighted by Gasteiger charge is 2.28. The number of fused-ring (bicyclic) bond motifs is 1. The van der Waals surface area contributed by atoms with Crippen molar-refractivity contribution in [3.8, 4) is 11.1 Å². The summed E-state index contributed by atoms with van der Waals surface area (Å²) in [6.07, 6.45) is 7.28. The number of aromatic nitrogens is 4. The van der Waals surface area contributed by atoms with E-state index >= 15 is 0 Å². The first-order chi connectivity index (χ1) is 20.8. The van der Waals surface area contributed by atoms with E-state index in [-0.39, 0.29) is 17.5 Å². The monoisotopic (exact) mass is 580 g/mol. The maximum absolute atomic E-state index is 14.3. The van der Waals surface area contributed by atoms with Crippen LogP contribution >= 0.6 is 0 Å². The number of rotatable bonds is 6. The second kappa shape index (κ2) is 12.1. The fourth-order valence-corrected chi connectivity index (χ4v) is 6.47. The molecule has 43 heavy (non-hydrogen) atoms. The third kappa shape index (κ3) is 5.71. The van der Waals surface area contributed by atoms with Crippen LogP contribution in [0.15, 0.2) is 53.7 Å². The number of nitrogens with zero attached hydrogens (tertiary/aromatic N) is 7. The third-order valence-electron chi connectivity index (χ3n) is 8.89. The van der Waals surface area contributed by atoms with Crippen molar-refractivity contribution >= 4 is 34.3 Å². The Bertz CT molecular complexity index is 1700. The summed E-state index contributed by atoms with van der Waals surface area (Å²) in [6.45, 7) is 11.3. The van der Waals surface area contributed by atoms with Crippen molar-refractivity contribution in [3.63, 3.8) is 0 Å². The Hall–Kier alpha value is -4.31. The molecule has 224 valence electrons. The van der Waals surface area contributed by atoms with Gasteiger partial charge in [0.25, 0.3) is 5.56 Å². The maximum atomic E-state index is 14.3. The molecule has 2 aliphatic rings. The number of carbonyl (C=O) groups is 1. The van der Waals surface area contributed by atoms with Gasteiger partial charge in [0.15, 0.2) is 0 Å². The van der Waals surface area contributed by atoms with Gasteiger partial charge in [-0.05, 0) is 80.8 Å². The van der Waals surface area contributed by atoms with Crippen LogP contribution in [0.4, 0.5) is 17.3 Å². The summed E-state index contributed by atoms with van der Waals surface area (Å²) in [7, 11) is 2.16. The average molecular weight is 581 g/mol. The lowest BCUT2D eigenvalue weighted by molar-refractivity contribution is -0.132. The number of likely N-dealkylation sites (tertiary alicyclic amines) is 1. The van der Waals surface area contributed by atoms with Crippen molar-refractivity contribution in [2.75, 3.05) is 56.5 Å². The van der Waals surface area contributed by atoms with Crippen molar-refractivity contribution in [3.05, 3.63) is 70.4 Å². The van der Waals surface area contributed by atoms with E-state index in [9.17, 15) is 9.59 Å². The van der Waals surface area contributed by atoms with Gasteiger partial charge in [-0.15, -0.1) is 0 Å². The Labute approximate surface area is 252 Å². The predicted molar refractivity (Wildman–Crippen MR) is 171 cm³/mol. The van der Waals surface area contributed by atoms with Crippen molar-refractivity contribution in [2.45, 2.75) is 46.1 Å². The molecule has 4 aromatic rings. The number of hydrogen-bond acceptors (Lipinski definition) is 8. The Morgan fingerprint density at radius 2 is 1.81 bits per heavy atom. The summed E-state index contributed by atoms with van der Waals surface area (Å²) in [5.74, 6) is 0.539. The largest absolute Gasteiger partial charge is 0.369 e. The van der Waals surface area contributed by atoms with Gasteiger partial charge in [0.05, 0.1) is 11.6 Å². The average Bonchev–Trinajstić information content (AvgIpc) is 3.02. The van der Waals surface area contributed by atoms with Crippen molar-refractivity contribution < 1.29 is 4.79 Å². The summed E-state index contributed by atoms with van der Waals surface area (Å²) in [4.78, 5) is 47.4. The van der Waals surface area contributed by atoms with E-state index in [0.717, 1.165) is 61.2 Å². The lowest BCUT2D eigenvalue weighted by atomic mass is 9.98. The summed E-state index contributed by atoms with van der Waals surface area (Å²) >= 11 is 0. The zero-order valence-corrected chi connectivity index (χ0v) is 25.5. The minimum absolute atomic E-state index is 0.107. The van der Waals surface area contributed by atoms with E-state index in [0.29, 0.717) is 36.7 Å². The number of aryl methyl sites for hydroxylation is 2. The van der Waals surface area contributed by atoms with Crippen LogP contribution in [-0.4, -0.2) is 81.5 Å². The smallest absolute Gasteiger partial charge is 0.260 e. The van der Waals surface area contributed by atoms with E-state index in [1.54, 1.807) is 12.4 Å². The Morgan fingerprint density at radius 1 is 1.05 bits per heavy atom. The van der Waals surface area contributed by atoms with Gasteiger partial charge in [0.2, 0.25) is 11.9 Å². The molecule has 0 spiro atoms. The molecule has 2 aliphatic heterocycles. The van der Waals surface area contributed by atoms with Crippen LogP contribution in [0.1, 0.15) is 43.4 Å². The Balaban J connectivity index is 1.40. The molecule has 1 aromatic carbocycles. The van der Waals surface area contributed by atoms with Crippen molar-refractivity contribution in [1.29, 1.82) is 0 Å². The van der Waals surface area contributed by atoms with Gasteiger partial charge >= 0.3 is 0 Å². The first-order valence-corrected chi connectivity index (χ1v) is 15.2. The van der Waals surface area contributed by atoms with E-state index in [2.05, 4.69) is 52.3 Å². The number of anilines is 3. The van der Waals surface area contributed by atoms with Gasteiger partial charge in [-0.25, -0.2) is 4.98 Å². The van der Waals surface area contributed by atoms with Gasteiger partial charge in [-0.3, -0.25) is 19.1 Å². The molecule has 0 aliphatic carbocycles. The number of pyridine rings is 2. The summed E-state index contributed by atoms with van der Waals surface area (Å²) < 4.78 is 1.81. The number of carbonyl (C=O) groups excluding carboxylic acids is 1. The zero-order chi connectivity index (χ0) is 30.1. The van der Waals surface area contributed by atoms with E-state index in [1.807, 2.05) is 41.6 Å². The van der Waals surface area contributed by atoms with Crippen LogP contribution in [0.3, 0.4) is 0 Å². The van der Waals surface area contributed by atoms with Gasteiger partial charge in [0, 0.05) is 81.0 Å². The second-order valence-corrected chi connectivity index (χ2v) is 11.7. The fourth-order valence-electron chi connectivity index (χ4n) is 6.47. The van der Waals surface area contributed by atoms with Gasteiger partial charge < -0.3 is 20.0 Å². The standard InChI is InChI=1S/C33H40N8O2/c1-5-29(42)40-14-6-7-26(21-40)41-31-27(23(3)30(32(41)43)24-10-12-34-13-11-24)20-35-33(37-31)36-25-8-9-28(22(2)19-25)39-17-15-38(4)16-18-39/h8-13,19-20,26H,5-7,14-18,21H2,1-4H3,(H,35,36,37). The zero-order valence-electron chi connectivity index (χ0n) is 25.5. The number of amides is 1. The van der Waals surface area contributed by atoms with E-state index in [4.69, 9.17) is 9.97 Å². The number of hydrogen-bond donors (Lipinski definition) is 1. The van der Waals surface area contributed by atoms with Crippen molar-refractivity contribution in [2.24, 2.45) is 0 Å². The SMILES string of the molecule is CCC(=O)N1CCCC(n2c(=O)c(-c3ccncc3)c(C)c3cnc(Nc4ccc(N5CCN(C)CC5)c(C)c4)nc32)C1. The molecule has 0 radical (unpaired) electrons. The molecule has 1 atom stereocenters. The molecule has 10 nitrogen and oxygen atoms in total. The second-order valence-electron chi connectivity index (χ2n) is 11.7. The van der Waals surface area contributed by atoms with E-state index < -0.39 is 0 Å². The number of piperazine rings is 1. The molecular weight excluding hydrogens is 540 g/mol. The van der Waals surface area contributed by atoms with Gasteiger partial charge in [-0.2, -0.15) is 4.98 Å². The minimum Gasteiger partial charge on any atom is -0.369 e. The number of piperidine rings is 1. The number of likely N-dealkylation sites (N-methyl/N-ethyl adjacent to an activating group) is 1. The fraction of sp³-hybridized carbons (Fsp3) is 0.424. The molecule has 10 heteroatoms. The van der Waals surface area contributed by atoms with Crippen LogP contribution in [0.25, 0.3) is 22.2 Å². The lowest BCUT2D eigenvalue weighted by Gasteiger charge is -2.35. The van der Waals surface area contributed by atoms with Gasteiger partial charge in [0.1, 0.15) is 5.65 Å². The topological polar surface area (TPSA) is 99.5 Å². The minimum atomic E-state index is -0.187. The molecule has 0 saturated carbocycles. The summed E-state index contributed by atoms with van der Waals surface area (Å²) in [5.41, 5.74) is 6.06. The highest BCUT2D eigenvalue weighted by atomic mass is 16.2. The van der Waals surface area contributed by atoms with Crippen LogP contribution < -0.4 is 15.8 Å². The molecule has 6 rings (SSSR count). The van der Waals surface area contributed by atoms with Crippen LogP contribution in [-0.2, 0) is 4.79 Å². The first-order valence-electron chi connectivity index (χ1n) is 15.2. The number of benzene rings is 1. The molecular formula is C33H40N8O2. The first kappa shape index (κ1) is 28.8. The normalized spacial score (nSPS) is 17.8. The molecule has 1 amide bonds. The Kier molecular flexibility index (Phi) is 8.12. The molecule has 5 heterocycles. The van der Waals surface area contributed by atoms with Crippen LogP contribution in [0.5, 0.6) is 0 Å². The Morgan fingerprint density at radius 3 is 2.53 bits per heavy atom. The molecule has 0 bridgehead atoms. The molecule has 1 unspecified atom stereocenters. The quantitative estimate of drug-likeness (QED) is 0.355. The maximum Gasteiger partial charge on any atom is 0.260 e. The number of nitrogens with one attached hydrogen (secondary N) is 1. The van der Waals surface area contributed by atoms with Crippen LogP contribution in [0.2, 0.25) is 0 Å². The van der Waals surface area contributed by atoms with E-state index in [1.165, 1.54) is 11.3 Å². The lowest BCUT2D eigenvalue weighted by Crippen LogP contribution is -2.44. The highest BCUT2D eigenvalue weighted by molar-refractivity contribution is 5.87. The molecule has 3 aromatic heterocycles. The van der Waals surface area contributed by atoms with Crippen LogP contribution in [0, 0.1) is 13.8 Å². The van der Waals surface area contributed by atoms with Crippen molar-refractivity contribution in [1.82, 2.24) is 29.3 Å². The summed E-state index contributed by atoms with van der Waals surface area (Å²) in [6, 6.07) is 9.88. The third-order valence-corrected chi connectivity index (χ3v) is 8.89. The molecule has 1 N–H and O–H groups in total. The molecule has 2 fully saturated rings. The molecule has 2 saturated heterocycles. The predicted octanol–water partition coefficient (Wildman–Crippen LogP) is 4.54.